The van der Waals surface area contributed by atoms with Crippen molar-refractivity contribution in [1.82, 2.24) is 4.90 Å². The summed E-state index contributed by atoms with van der Waals surface area (Å²) in [5.41, 5.74) is 3.47. The quantitative estimate of drug-likeness (QED) is 0.485. The number of aryl methyl sites for hydroxylation is 1. The lowest BCUT2D eigenvalue weighted by Crippen LogP contribution is -2.37. The highest BCUT2D eigenvalue weighted by Gasteiger charge is 2.34. The minimum absolute atomic E-state index is 0.0665. The fourth-order valence-corrected chi connectivity index (χ4v) is 6.38. The number of piperidine rings is 1. The molecule has 32 heavy (non-hydrogen) atoms. The van der Waals surface area contributed by atoms with Gasteiger partial charge in [-0.05, 0) is 92.9 Å². The van der Waals surface area contributed by atoms with Crippen LogP contribution in [0.5, 0.6) is 0 Å². The van der Waals surface area contributed by atoms with Gasteiger partial charge in [-0.15, -0.1) is 11.3 Å². The number of fused-ring (bicyclic) bond motifs is 1. The maximum atomic E-state index is 14.3. The molecule has 1 amide bonds. The van der Waals surface area contributed by atoms with Crippen LogP contribution in [0.2, 0.25) is 0 Å². The summed E-state index contributed by atoms with van der Waals surface area (Å²) < 4.78 is 19.7. The molecule has 1 aliphatic heterocycles. The molecule has 2 aromatic heterocycles. The summed E-state index contributed by atoms with van der Waals surface area (Å²) in [5.74, 6) is 0.550. The van der Waals surface area contributed by atoms with Gasteiger partial charge in [0.15, 0.2) is 5.76 Å². The second-order valence-electron chi connectivity index (χ2n) is 9.06. The Balaban J connectivity index is 1.61. The van der Waals surface area contributed by atoms with Gasteiger partial charge >= 0.3 is 0 Å². The van der Waals surface area contributed by atoms with Crippen molar-refractivity contribution >= 4 is 22.2 Å². The van der Waals surface area contributed by atoms with Crippen LogP contribution in [0.15, 0.2) is 47.1 Å². The van der Waals surface area contributed by atoms with Crippen molar-refractivity contribution in [3.8, 4) is 0 Å². The zero-order valence-corrected chi connectivity index (χ0v) is 19.2. The van der Waals surface area contributed by atoms with Gasteiger partial charge in [0.1, 0.15) is 10.8 Å². The summed E-state index contributed by atoms with van der Waals surface area (Å²) in [5, 5.41) is 4.03. The average Bonchev–Trinajstić information content (AvgIpc) is 3.44. The Kier molecular flexibility index (Phi) is 6.15. The first-order chi connectivity index (χ1) is 15.6. The summed E-state index contributed by atoms with van der Waals surface area (Å²) in [6.07, 6.45) is 8.14. The SMILES string of the molecule is CC1CCN(C(c2cccc(F)c2)c2c(NC(=O)c3ccco3)sc3c2CCCC3)CC1. The number of hydrogen-bond acceptors (Lipinski definition) is 4. The lowest BCUT2D eigenvalue weighted by atomic mass is 9.87. The van der Waals surface area contributed by atoms with Gasteiger partial charge < -0.3 is 9.73 Å². The molecule has 1 atom stereocenters. The number of anilines is 1. The molecule has 1 aromatic carbocycles. The molecule has 0 radical (unpaired) electrons. The lowest BCUT2D eigenvalue weighted by molar-refractivity contribution is 0.0996. The first-order valence-electron chi connectivity index (χ1n) is 11.6. The first-order valence-corrected chi connectivity index (χ1v) is 12.4. The fraction of sp³-hybridized carbons (Fsp3) is 0.423. The van der Waals surface area contributed by atoms with Gasteiger partial charge in [-0.2, -0.15) is 0 Å². The van der Waals surface area contributed by atoms with E-state index in [-0.39, 0.29) is 17.8 Å². The number of carbonyl (C=O) groups excluding carboxylic acids is 1. The average molecular weight is 453 g/mol. The number of amides is 1. The summed E-state index contributed by atoms with van der Waals surface area (Å²) >= 11 is 1.69. The number of furan rings is 1. The molecule has 2 aliphatic rings. The number of likely N-dealkylation sites (tertiary alicyclic amines) is 1. The fourth-order valence-electron chi connectivity index (χ4n) is 5.07. The van der Waals surface area contributed by atoms with Gasteiger partial charge in [0, 0.05) is 10.4 Å². The Morgan fingerprint density at radius 2 is 2.00 bits per heavy atom. The second-order valence-corrected chi connectivity index (χ2v) is 10.2. The predicted octanol–water partition coefficient (Wildman–Crippen LogP) is 6.43. The minimum atomic E-state index is -0.236. The number of thiophene rings is 1. The van der Waals surface area contributed by atoms with Crippen LogP contribution in [-0.2, 0) is 12.8 Å². The molecule has 0 spiro atoms. The van der Waals surface area contributed by atoms with Gasteiger partial charge in [0.25, 0.3) is 5.91 Å². The van der Waals surface area contributed by atoms with E-state index in [9.17, 15) is 9.18 Å². The van der Waals surface area contributed by atoms with Crippen LogP contribution in [0.4, 0.5) is 9.39 Å². The summed E-state index contributed by atoms with van der Waals surface area (Å²) in [6.45, 7) is 4.24. The molecule has 1 fully saturated rings. The Morgan fingerprint density at radius 3 is 2.75 bits per heavy atom. The van der Waals surface area contributed by atoms with Crippen molar-refractivity contribution in [2.45, 2.75) is 51.5 Å². The highest BCUT2D eigenvalue weighted by atomic mass is 32.1. The van der Waals surface area contributed by atoms with E-state index in [4.69, 9.17) is 4.42 Å². The Bertz CT molecular complexity index is 1080. The van der Waals surface area contributed by atoms with Crippen molar-refractivity contribution in [2.24, 2.45) is 5.92 Å². The molecule has 5 rings (SSSR count). The van der Waals surface area contributed by atoms with Crippen LogP contribution in [0.1, 0.15) is 70.8 Å². The number of rotatable bonds is 5. The Labute approximate surface area is 192 Å². The molecule has 3 heterocycles. The maximum absolute atomic E-state index is 14.3. The standard InChI is InChI=1S/C26H29FN2O2S/c1-17-11-13-29(14-12-17)24(18-6-4-7-19(27)16-18)23-20-8-2-3-10-22(20)32-26(23)28-25(30)21-9-5-15-31-21/h4-7,9,15-17,24H,2-3,8,10-14H2,1H3,(H,28,30). The molecule has 168 valence electrons. The van der Waals surface area contributed by atoms with E-state index in [0.717, 1.165) is 61.3 Å². The number of carbonyl (C=O) groups is 1. The van der Waals surface area contributed by atoms with Gasteiger partial charge in [0.05, 0.1) is 12.3 Å². The van der Waals surface area contributed by atoms with Crippen molar-refractivity contribution in [1.29, 1.82) is 0 Å². The van der Waals surface area contributed by atoms with Gasteiger partial charge in [-0.3, -0.25) is 9.69 Å². The molecule has 4 nitrogen and oxygen atoms in total. The van der Waals surface area contributed by atoms with Crippen molar-refractivity contribution in [3.05, 3.63) is 75.8 Å². The van der Waals surface area contributed by atoms with Crippen LogP contribution < -0.4 is 5.32 Å². The molecule has 1 N–H and O–H groups in total. The number of halogens is 1. The molecule has 6 heteroatoms. The van der Waals surface area contributed by atoms with E-state index >= 15 is 0 Å². The zero-order valence-electron chi connectivity index (χ0n) is 18.4. The number of nitrogens with one attached hydrogen (secondary N) is 1. The maximum Gasteiger partial charge on any atom is 0.291 e. The Hall–Kier alpha value is -2.44. The third-order valence-electron chi connectivity index (χ3n) is 6.81. The molecule has 0 saturated carbocycles. The van der Waals surface area contributed by atoms with Crippen LogP contribution in [0.25, 0.3) is 0 Å². The first kappa shape index (κ1) is 21.4. The molecule has 0 bridgehead atoms. The minimum Gasteiger partial charge on any atom is -0.459 e. The van der Waals surface area contributed by atoms with Crippen LogP contribution >= 0.6 is 11.3 Å². The summed E-state index contributed by atoms with van der Waals surface area (Å²) in [6, 6.07) is 10.3. The van der Waals surface area contributed by atoms with Crippen LogP contribution in [0, 0.1) is 11.7 Å². The van der Waals surface area contributed by atoms with Gasteiger partial charge in [-0.1, -0.05) is 19.1 Å². The van der Waals surface area contributed by atoms with E-state index < -0.39 is 0 Å². The topological polar surface area (TPSA) is 45.5 Å². The smallest absolute Gasteiger partial charge is 0.291 e. The van der Waals surface area contributed by atoms with E-state index in [1.165, 1.54) is 29.2 Å². The van der Waals surface area contributed by atoms with Gasteiger partial charge in [-0.25, -0.2) is 4.39 Å². The highest BCUT2D eigenvalue weighted by molar-refractivity contribution is 7.16. The molecule has 1 aliphatic carbocycles. The number of nitrogens with zero attached hydrogens (tertiary/aromatic N) is 1. The third-order valence-corrected chi connectivity index (χ3v) is 8.03. The van der Waals surface area contributed by atoms with Gasteiger partial charge in [0.2, 0.25) is 0 Å². The molecule has 3 aromatic rings. The second kappa shape index (κ2) is 9.20. The van der Waals surface area contributed by atoms with E-state index in [1.54, 1.807) is 35.6 Å². The third kappa shape index (κ3) is 4.26. The normalized spacial score (nSPS) is 18.3. The van der Waals surface area contributed by atoms with Crippen LogP contribution in [0.3, 0.4) is 0 Å². The number of hydrogen-bond donors (Lipinski definition) is 1. The van der Waals surface area contributed by atoms with E-state index in [1.807, 2.05) is 6.07 Å². The molecular formula is C26H29FN2O2S. The van der Waals surface area contributed by atoms with E-state index in [0.29, 0.717) is 11.7 Å². The monoisotopic (exact) mass is 452 g/mol. The van der Waals surface area contributed by atoms with Crippen LogP contribution in [-0.4, -0.2) is 23.9 Å². The largest absolute Gasteiger partial charge is 0.459 e. The molecule has 1 unspecified atom stereocenters. The summed E-state index contributed by atoms with van der Waals surface area (Å²) in [4.78, 5) is 16.7. The van der Waals surface area contributed by atoms with Crippen molar-refractivity contribution < 1.29 is 13.6 Å². The molecular weight excluding hydrogens is 423 g/mol. The summed E-state index contributed by atoms with van der Waals surface area (Å²) in [7, 11) is 0. The highest BCUT2D eigenvalue weighted by Crippen LogP contribution is 2.46. The zero-order chi connectivity index (χ0) is 22.1. The molecule has 1 saturated heterocycles. The van der Waals surface area contributed by atoms with Crippen molar-refractivity contribution in [3.63, 3.8) is 0 Å². The Morgan fingerprint density at radius 1 is 1.19 bits per heavy atom. The number of benzene rings is 1. The van der Waals surface area contributed by atoms with E-state index in [2.05, 4.69) is 17.1 Å². The van der Waals surface area contributed by atoms with Crippen molar-refractivity contribution in [2.75, 3.05) is 18.4 Å². The lowest BCUT2D eigenvalue weighted by Gasteiger charge is -2.38. The predicted molar refractivity (Wildman–Crippen MR) is 126 cm³/mol.